The fourth-order valence-electron chi connectivity index (χ4n) is 2.47. The molecular weight excluding hydrogens is 298 g/mol. The van der Waals surface area contributed by atoms with Crippen molar-refractivity contribution in [3.05, 3.63) is 53.6 Å². The second kappa shape index (κ2) is 6.00. The molecule has 0 radical (unpaired) electrons. The Hall–Kier alpha value is -3.02. The van der Waals surface area contributed by atoms with E-state index in [1.165, 1.54) is 19.2 Å². The maximum Gasteiger partial charge on any atom is 0.261 e. The van der Waals surface area contributed by atoms with Crippen molar-refractivity contribution in [2.75, 3.05) is 20.3 Å². The van der Waals surface area contributed by atoms with Gasteiger partial charge in [-0.05, 0) is 24.3 Å². The van der Waals surface area contributed by atoms with Crippen molar-refractivity contribution < 1.29 is 24.2 Å². The van der Waals surface area contributed by atoms with Crippen molar-refractivity contribution in [2.45, 2.75) is 0 Å². The molecule has 0 unspecified atom stereocenters. The third-order valence-electron chi connectivity index (χ3n) is 3.60. The van der Waals surface area contributed by atoms with Crippen molar-refractivity contribution >= 4 is 11.8 Å². The maximum absolute atomic E-state index is 12.2. The number of hydrogen-bond acceptors (Lipinski definition) is 5. The van der Waals surface area contributed by atoms with E-state index in [9.17, 15) is 14.7 Å². The first kappa shape index (κ1) is 14.9. The Morgan fingerprint density at radius 2 is 1.65 bits per heavy atom. The first-order valence-electron chi connectivity index (χ1n) is 7.07. The molecule has 0 atom stereocenters. The minimum absolute atomic E-state index is 0.0431. The number of aromatic hydroxyl groups is 1. The van der Waals surface area contributed by atoms with Crippen LogP contribution in [0.4, 0.5) is 0 Å². The lowest BCUT2D eigenvalue weighted by atomic mass is 10.1. The molecule has 118 valence electrons. The highest BCUT2D eigenvalue weighted by Crippen LogP contribution is 2.30. The number of benzene rings is 2. The number of ether oxygens (including phenoxy) is 2. The van der Waals surface area contributed by atoms with E-state index in [0.29, 0.717) is 22.6 Å². The second-order valence-electron chi connectivity index (χ2n) is 4.99. The molecule has 1 aliphatic rings. The fourth-order valence-corrected chi connectivity index (χ4v) is 2.47. The normalized spacial score (nSPS) is 13.2. The lowest BCUT2D eigenvalue weighted by molar-refractivity contribution is 0.0630. The number of phenolic OH excluding ortho intramolecular Hbond substituents is 1. The minimum atomic E-state index is -0.322. The first-order valence-corrected chi connectivity index (χ1v) is 7.07. The molecule has 0 aliphatic carbocycles. The highest BCUT2D eigenvalue weighted by Gasteiger charge is 2.34. The van der Waals surface area contributed by atoms with Crippen molar-refractivity contribution in [3.8, 4) is 17.2 Å². The van der Waals surface area contributed by atoms with Crippen LogP contribution in [0.3, 0.4) is 0 Å². The quantitative estimate of drug-likeness (QED) is 0.855. The highest BCUT2D eigenvalue weighted by molar-refractivity contribution is 6.21. The van der Waals surface area contributed by atoms with E-state index in [-0.39, 0.29) is 30.7 Å². The number of rotatable bonds is 5. The molecule has 0 saturated carbocycles. The molecule has 0 fully saturated rings. The van der Waals surface area contributed by atoms with Gasteiger partial charge in [0.25, 0.3) is 11.8 Å². The number of carbonyl (C=O) groups excluding carboxylic acids is 2. The molecule has 3 rings (SSSR count). The van der Waals surface area contributed by atoms with Crippen molar-refractivity contribution in [3.63, 3.8) is 0 Å². The second-order valence-corrected chi connectivity index (χ2v) is 4.99. The number of carbonyl (C=O) groups is 2. The Bertz CT molecular complexity index is 736. The number of methoxy groups -OCH3 is 1. The third-order valence-corrected chi connectivity index (χ3v) is 3.60. The topological polar surface area (TPSA) is 76.1 Å². The summed E-state index contributed by atoms with van der Waals surface area (Å²) in [7, 11) is 1.49. The van der Waals surface area contributed by atoms with Crippen molar-refractivity contribution in [1.29, 1.82) is 0 Å². The van der Waals surface area contributed by atoms with E-state index in [2.05, 4.69) is 0 Å². The maximum atomic E-state index is 12.2. The summed E-state index contributed by atoms with van der Waals surface area (Å²) in [5.74, 6) is 0.213. The number of hydrogen-bond donors (Lipinski definition) is 1. The Morgan fingerprint density at radius 3 is 2.26 bits per heavy atom. The summed E-state index contributed by atoms with van der Waals surface area (Å²) in [6.45, 7) is 0.219. The molecule has 6 nitrogen and oxygen atoms in total. The van der Waals surface area contributed by atoms with Gasteiger partial charge in [-0.25, -0.2) is 0 Å². The average Bonchev–Trinajstić information content (AvgIpc) is 2.80. The SMILES string of the molecule is COc1ccc(O)cc1OCCN1C(=O)c2ccccc2C1=O. The molecule has 6 heteroatoms. The van der Waals surface area contributed by atoms with Crippen molar-refractivity contribution in [1.82, 2.24) is 4.90 Å². The van der Waals surface area contributed by atoms with Gasteiger partial charge in [-0.1, -0.05) is 12.1 Å². The van der Waals surface area contributed by atoms with Gasteiger partial charge < -0.3 is 14.6 Å². The van der Waals surface area contributed by atoms with Crippen LogP contribution in [0.1, 0.15) is 20.7 Å². The van der Waals surface area contributed by atoms with Gasteiger partial charge in [-0.3, -0.25) is 14.5 Å². The molecule has 0 bridgehead atoms. The summed E-state index contributed by atoms with van der Waals surface area (Å²) < 4.78 is 10.7. The fraction of sp³-hybridized carbons (Fsp3) is 0.176. The summed E-state index contributed by atoms with van der Waals surface area (Å²) in [5.41, 5.74) is 0.819. The zero-order chi connectivity index (χ0) is 16.4. The summed E-state index contributed by atoms with van der Waals surface area (Å²) in [5, 5.41) is 9.49. The molecule has 0 saturated heterocycles. The monoisotopic (exact) mass is 313 g/mol. The third kappa shape index (κ3) is 2.70. The zero-order valence-corrected chi connectivity index (χ0v) is 12.5. The van der Waals surface area contributed by atoms with E-state index in [0.717, 1.165) is 4.90 Å². The molecule has 2 aromatic carbocycles. The number of nitrogens with zero attached hydrogens (tertiary/aromatic N) is 1. The van der Waals surface area contributed by atoms with E-state index in [1.54, 1.807) is 30.3 Å². The first-order chi connectivity index (χ1) is 11.1. The number of imide groups is 1. The number of amides is 2. The molecule has 2 amide bonds. The summed E-state index contributed by atoms with van der Waals surface area (Å²) in [4.78, 5) is 25.6. The molecule has 2 aromatic rings. The van der Waals surface area contributed by atoms with E-state index >= 15 is 0 Å². The van der Waals surface area contributed by atoms with Crippen LogP contribution in [0, 0.1) is 0 Å². The predicted molar refractivity (Wildman–Crippen MR) is 82.0 cm³/mol. The molecular formula is C17H15NO5. The van der Waals surface area contributed by atoms with Gasteiger partial charge in [0.15, 0.2) is 11.5 Å². The van der Waals surface area contributed by atoms with Crippen LogP contribution < -0.4 is 9.47 Å². The minimum Gasteiger partial charge on any atom is -0.508 e. The van der Waals surface area contributed by atoms with Crippen LogP contribution in [0.5, 0.6) is 17.2 Å². The van der Waals surface area contributed by atoms with Crippen LogP contribution in [0.15, 0.2) is 42.5 Å². The van der Waals surface area contributed by atoms with Gasteiger partial charge in [0.05, 0.1) is 24.8 Å². The number of phenols is 1. The summed E-state index contributed by atoms with van der Waals surface area (Å²) in [6.07, 6.45) is 0. The molecule has 1 aliphatic heterocycles. The lowest BCUT2D eigenvalue weighted by Gasteiger charge is -2.15. The van der Waals surface area contributed by atoms with Crippen LogP contribution in [-0.2, 0) is 0 Å². The van der Waals surface area contributed by atoms with E-state index < -0.39 is 0 Å². The van der Waals surface area contributed by atoms with Crippen LogP contribution in [-0.4, -0.2) is 42.1 Å². The molecule has 23 heavy (non-hydrogen) atoms. The van der Waals surface area contributed by atoms with Gasteiger partial charge in [0, 0.05) is 6.07 Å². The lowest BCUT2D eigenvalue weighted by Crippen LogP contribution is -2.33. The van der Waals surface area contributed by atoms with Crippen molar-refractivity contribution in [2.24, 2.45) is 0 Å². The Kier molecular flexibility index (Phi) is 3.89. The van der Waals surface area contributed by atoms with E-state index in [4.69, 9.17) is 9.47 Å². The smallest absolute Gasteiger partial charge is 0.261 e. The predicted octanol–water partition coefficient (Wildman–Crippen LogP) is 2.08. The molecule has 1 N–H and O–H groups in total. The van der Waals surface area contributed by atoms with Crippen LogP contribution >= 0.6 is 0 Å². The highest BCUT2D eigenvalue weighted by atomic mass is 16.5. The van der Waals surface area contributed by atoms with Gasteiger partial charge in [0.1, 0.15) is 12.4 Å². The Balaban J connectivity index is 1.68. The van der Waals surface area contributed by atoms with Gasteiger partial charge in [0.2, 0.25) is 0 Å². The standard InChI is InChI=1S/C17H15NO5/c1-22-14-7-6-11(19)10-15(14)23-9-8-18-16(20)12-4-2-3-5-13(12)17(18)21/h2-7,10,19H,8-9H2,1H3. The van der Waals surface area contributed by atoms with E-state index in [1.807, 2.05) is 0 Å². The average molecular weight is 313 g/mol. The molecule has 0 spiro atoms. The summed E-state index contributed by atoms with van der Waals surface area (Å²) >= 11 is 0. The summed E-state index contributed by atoms with van der Waals surface area (Å²) in [6, 6.07) is 11.2. The molecule has 1 heterocycles. The number of fused-ring (bicyclic) bond motifs is 1. The van der Waals surface area contributed by atoms with Crippen LogP contribution in [0.2, 0.25) is 0 Å². The largest absolute Gasteiger partial charge is 0.508 e. The zero-order valence-electron chi connectivity index (χ0n) is 12.5. The van der Waals surface area contributed by atoms with Gasteiger partial charge in [-0.15, -0.1) is 0 Å². The Labute approximate surface area is 132 Å². The van der Waals surface area contributed by atoms with Crippen LogP contribution in [0.25, 0.3) is 0 Å². The van der Waals surface area contributed by atoms with Gasteiger partial charge in [-0.2, -0.15) is 0 Å². The van der Waals surface area contributed by atoms with Gasteiger partial charge >= 0.3 is 0 Å². The Morgan fingerprint density at radius 1 is 1.00 bits per heavy atom. The molecule has 0 aromatic heterocycles.